The molecule has 0 aliphatic carbocycles. The second-order valence-electron chi connectivity index (χ2n) is 7.34. The molecule has 5 heteroatoms. The van der Waals surface area contributed by atoms with Gasteiger partial charge in [0.2, 0.25) is 0 Å². The summed E-state index contributed by atoms with van der Waals surface area (Å²) in [4.78, 5) is 12.9. The van der Waals surface area contributed by atoms with E-state index in [4.69, 9.17) is 18.9 Å². The van der Waals surface area contributed by atoms with Crippen LogP contribution in [0.2, 0.25) is 0 Å². The Kier molecular flexibility index (Phi) is 11.0. The van der Waals surface area contributed by atoms with E-state index in [9.17, 15) is 4.79 Å². The number of carbonyl (C=O) groups is 1. The van der Waals surface area contributed by atoms with Crippen molar-refractivity contribution in [3.63, 3.8) is 0 Å². The van der Waals surface area contributed by atoms with E-state index in [1.165, 1.54) is 0 Å². The van der Waals surface area contributed by atoms with Crippen LogP contribution in [0.15, 0.2) is 55.2 Å². The number of hydrogen-bond acceptors (Lipinski definition) is 5. The molecule has 1 aromatic carbocycles. The van der Waals surface area contributed by atoms with Crippen LogP contribution in [0.1, 0.15) is 25.8 Å². The Morgan fingerprint density at radius 1 is 1.14 bits per heavy atom. The zero-order chi connectivity index (χ0) is 21.7. The third kappa shape index (κ3) is 8.67. The second-order valence-corrected chi connectivity index (χ2v) is 7.34. The van der Waals surface area contributed by atoms with Crippen molar-refractivity contribution in [1.82, 2.24) is 0 Å². The molecule has 5 nitrogen and oxygen atoms in total. The largest absolute Gasteiger partial charge is 0.493 e. The summed E-state index contributed by atoms with van der Waals surface area (Å²) in [6.45, 7) is 13.1. The van der Waals surface area contributed by atoms with Crippen molar-refractivity contribution in [2.75, 3.05) is 40.6 Å². The number of allylic oxidation sites excluding steroid dienone is 2. The van der Waals surface area contributed by atoms with Gasteiger partial charge in [-0.15, -0.1) is 0 Å². The summed E-state index contributed by atoms with van der Waals surface area (Å²) in [6.07, 6.45) is 6.33. The summed E-state index contributed by atoms with van der Waals surface area (Å²) in [5.41, 5.74) is 1.19. The van der Waals surface area contributed by atoms with Crippen molar-refractivity contribution >= 4 is 5.78 Å². The van der Waals surface area contributed by atoms with Crippen LogP contribution in [0.4, 0.5) is 0 Å². The average molecular weight is 403 g/mol. The molecule has 1 rings (SSSR count). The van der Waals surface area contributed by atoms with Crippen LogP contribution in [-0.2, 0) is 20.7 Å². The summed E-state index contributed by atoms with van der Waals surface area (Å²) in [6, 6.07) is 5.58. The first kappa shape index (κ1) is 24.7. The van der Waals surface area contributed by atoms with Crippen LogP contribution in [0.25, 0.3) is 0 Å². The monoisotopic (exact) mass is 402 g/mol. The van der Waals surface area contributed by atoms with Gasteiger partial charge in [-0.2, -0.15) is 0 Å². The fourth-order valence-electron chi connectivity index (χ4n) is 2.58. The third-order valence-electron chi connectivity index (χ3n) is 4.42. The molecule has 0 bridgehead atoms. The lowest BCUT2D eigenvalue weighted by atomic mass is 9.85. The summed E-state index contributed by atoms with van der Waals surface area (Å²) in [5.74, 6) is 1.38. The van der Waals surface area contributed by atoms with Crippen LogP contribution < -0.4 is 9.47 Å². The molecular formula is C24H34O5. The minimum atomic E-state index is -0.611. The van der Waals surface area contributed by atoms with Crippen molar-refractivity contribution in [3.8, 4) is 11.5 Å². The number of hydrogen-bond donors (Lipinski definition) is 0. The molecule has 0 amide bonds. The van der Waals surface area contributed by atoms with Gasteiger partial charge in [-0.05, 0) is 23.3 Å². The number of carbonyl (C=O) groups excluding carboxylic acids is 1. The predicted octanol–water partition coefficient (Wildman–Crippen LogP) is 4.56. The van der Waals surface area contributed by atoms with Gasteiger partial charge in [0.1, 0.15) is 5.78 Å². The zero-order valence-corrected chi connectivity index (χ0v) is 18.2. The molecule has 29 heavy (non-hydrogen) atoms. The summed E-state index contributed by atoms with van der Waals surface area (Å²) in [7, 11) is 3.26. The summed E-state index contributed by atoms with van der Waals surface area (Å²) >= 11 is 0. The van der Waals surface area contributed by atoms with Gasteiger partial charge < -0.3 is 18.9 Å². The van der Waals surface area contributed by atoms with Gasteiger partial charge >= 0.3 is 0 Å². The first-order valence-corrected chi connectivity index (χ1v) is 9.71. The molecule has 160 valence electrons. The second kappa shape index (κ2) is 13.0. The van der Waals surface area contributed by atoms with Crippen molar-refractivity contribution < 1.29 is 23.7 Å². The minimum absolute atomic E-state index is 0.0980. The highest BCUT2D eigenvalue weighted by molar-refractivity contribution is 5.86. The maximum Gasteiger partial charge on any atom is 0.161 e. The highest BCUT2D eigenvalue weighted by Gasteiger charge is 2.28. The van der Waals surface area contributed by atoms with Gasteiger partial charge in [0.15, 0.2) is 11.5 Å². The normalized spacial score (nSPS) is 11.8. The van der Waals surface area contributed by atoms with Crippen molar-refractivity contribution in [2.24, 2.45) is 5.41 Å². The maximum absolute atomic E-state index is 12.9. The lowest BCUT2D eigenvalue weighted by Gasteiger charge is -2.23. The Labute approximate surface area is 175 Å². The van der Waals surface area contributed by atoms with E-state index in [-0.39, 0.29) is 5.78 Å². The number of ketones is 1. The Morgan fingerprint density at radius 2 is 1.90 bits per heavy atom. The maximum atomic E-state index is 12.9. The summed E-state index contributed by atoms with van der Waals surface area (Å²) in [5, 5.41) is 0. The van der Waals surface area contributed by atoms with E-state index in [1.54, 1.807) is 26.4 Å². The van der Waals surface area contributed by atoms with E-state index in [2.05, 4.69) is 13.2 Å². The minimum Gasteiger partial charge on any atom is -0.493 e. The van der Waals surface area contributed by atoms with Crippen LogP contribution >= 0.6 is 0 Å². The van der Waals surface area contributed by atoms with Crippen LogP contribution in [0.3, 0.4) is 0 Å². The SMILES string of the molecule is C=C/C=C(\C=C)COCC(C)(C)C(=O)Cc1ccc(OC)c(OCCCOC)c1. The highest BCUT2D eigenvalue weighted by atomic mass is 16.5. The molecule has 0 atom stereocenters. The molecule has 0 saturated carbocycles. The molecule has 0 spiro atoms. The Balaban J connectivity index is 2.71. The Bertz CT molecular complexity index is 703. The Hall–Kier alpha value is -2.37. The number of rotatable bonds is 15. The summed E-state index contributed by atoms with van der Waals surface area (Å²) < 4.78 is 21.9. The molecule has 1 aromatic rings. The molecule has 0 saturated heterocycles. The van der Waals surface area contributed by atoms with Crippen molar-refractivity contribution in [3.05, 3.63) is 60.7 Å². The van der Waals surface area contributed by atoms with E-state index in [1.807, 2.05) is 38.1 Å². The topological polar surface area (TPSA) is 54.0 Å². The molecule has 0 heterocycles. The fraction of sp³-hybridized carbons (Fsp3) is 0.458. The van der Waals surface area contributed by atoms with Gasteiger partial charge in [0.05, 0.1) is 26.9 Å². The molecular weight excluding hydrogens is 368 g/mol. The predicted molar refractivity (Wildman–Crippen MR) is 117 cm³/mol. The van der Waals surface area contributed by atoms with Gasteiger partial charge in [-0.1, -0.05) is 51.3 Å². The third-order valence-corrected chi connectivity index (χ3v) is 4.42. The van der Waals surface area contributed by atoms with Crippen LogP contribution in [-0.4, -0.2) is 46.4 Å². The molecule has 0 fully saturated rings. The van der Waals surface area contributed by atoms with Gasteiger partial charge in [0, 0.05) is 32.0 Å². The number of ether oxygens (including phenoxy) is 4. The van der Waals surface area contributed by atoms with Gasteiger partial charge in [-0.25, -0.2) is 0 Å². The first-order chi connectivity index (χ1) is 13.9. The van der Waals surface area contributed by atoms with Crippen molar-refractivity contribution in [1.29, 1.82) is 0 Å². The van der Waals surface area contributed by atoms with Gasteiger partial charge in [0.25, 0.3) is 0 Å². The van der Waals surface area contributed by atoms with Gasteiger partial charge in [-0.3, -0.25) is 4.79 Å². The smallest absolute Gasteiger partial charge is 0.161 e. The number of Topliss-reactive ketones (excluding diaryl/α,β-unsaturated/α-hetero) is 1. The average Bonchev–Trinajstić information content (AvgIpc) is 2.70. The molecule has 0 aliphatic heterocycles. The molecule has 0 radical (unpaired) electrons. The fourth-order valence-corrected chi connectivity index (χ4v) is 2.58. The molecule has 0 aliphatic rings. The molecule has 0 aromatic heterocycles. The van der Waals surface area contributed by atoms with Crippen molar-refractivity contribution in [2.45, 2.75) is 26.7 Å². The van der Waals surface area contributed by atoms with E-state index >= 15 is 0 Å². The van der Waals surface area contributed by atoms with Crippen LogP contribution in [0, 0.1) is 5.41 Å². The Morgan fingerprint density at radius 3 is 2.52 bits per heavy atom. The van der Waals surface area contributed by atoms with E-state index in [0.717, 1.165) is 17.6 Å². The standard InChI is InChI=1S/C24H34O5/c1-7-10-19(8-2)17-28-18-24(3,4)23(25)16-20-11-12-21(27-6)22(15-20)29-14-9-13-26-5/h7-8,10-12,15H,1-2,9,13-14,16-18H2,3-6H3/b19-10+. The lowest BCUT2D eigenvalue weighted by Crippen LogP contribution is -2.31. The first-order valence-electron chi connectivity index (χ1n) is 9.71. The van der Waals surface area contributed by atoms with E-state index < -0.39 is 5.41 Å². The molecule has 0 unspecified atom stereocenters. The quantitative estimate of drug-likeness (QED) is 0.318. The van der Waals surface area contributed by atoms with E-state index in [0.29, 0.717) is 44.3 Å². The zero-order valence-electron chi connectivity index (χ0n) is 18.2. The molecule has 0 N–H and O–H groups in total. The lowest BCUT2D eigenvalue weighted by molar-refractivity contribution is -0.129. The number of methoxy groups -OCH3 is 2. The highest BCUT2D eigenvalue weighted by Crippen LogP contribution is 2.29. The number of benzene rings is 1. The van der Waals surface area contributed by atoms with Crippen LogP contribution in [0.5, 0.6) is 11.5 Å².